The van der Waals surface area contributed by atoms with Crippen LogP contribution in [0.5, 0.6) is 0 Å². The number of nitrogens with zero attached hydrogens (tertiary/aromatic N) is 5. The smallest absolute Gasteiger partial charge is 0.230 e. The van der Waals surface area contributed by atoms with Crippen LogP contribution in [-0.4, -0.2) is 58.5 Å². The highest BCUT2D eigenvalue weighted by molar-refractivity contribution is 14.0. The average Bonchev–Trinajstić information content (AvgIpc) is 3.42. The van der Waals surface area contributed by atoms with Crippen LogP contribution in [0.3, 0.4) is 0 Å². The van der Waals surface area contributed by atoms with Crippen molar-refractivity contribution in [2.75, 3.05) is 27.2 Å². The molecule has 0 unspecified atom stereocenters. The van der Waals surface area contributed by atoms with Crippen molar-refractivity contribution in [2.45, 2.75) is 39.2 Å². The molecule has 164 valence electrons. The standard InChI is InChI=1S/C21H31N7O.HI/c1-4-23-20(26-15-21(8-5-6-9-21)19(29)27(2)3)25-14-17-7-10-24-18(13-17)28-12-11-22-16-28;/h7,10-13,16H,4-6,8-9,14-15H2,1-3H3,(H2,23,25,26);1H. The minimum absolute atomic E-state index is 0. The van der Waals surface area contributed by atoms with Gasteiger partial charge in [0.1, 0.15) is 12.1 Å². The van der Waals surface area contributed by atoms with E-state index in [0.717, 1.165) is 49.6 Å². The van der Waals surface area contributed by atoms with E-state index in [0.29, 0.717) is 13.1 Å². The fourth-order valence-corrected chi connectivity index (χ4v) is 3.85. The fraction of sp³-hybridized carbons (Fsp3) is 0.524. The minimum Gasteiger partial charge on any atom is -0.357 e. The molecule has 9 heteroatoms. The van der Waals surface area contributed by atoms with Crippen molar-refractivity contribution in [1.29, 1.82) is 0 Å². The van der Waals surface area contributed by atoms with Crippen LogP contribution in [-0.2, 0) is 11.3 Å². The molecule has 2 N–H and O–H groups in total. The number of imidazole rings is 1. The molecule has 8 nitrogen and oxygen atoms in total. The molecule has 2 aromatic rings. The molecule has 3 rings (SSSR count). The van der Waals surface area contributed by atoms with Gasteiger partial charge in [0.2, 0.25) is 5.91 Å². The lowest BCUT2D eigenvalue weighted by Crippen LogP contribution is -2.49. The van der Waals surface area contributed by atoms with Crippen LogP contribution in [0, 0.1) is 5.41 Å². The Morgan fingerprint density at radius 3 is 2.67 bits per heavy atom. The number of guanidine groups is 1. The van der Waals surface area contributed by atoms with E-state index in [-0.39, 0.29) is 35.3 Å². The molecule has 1 aliphatic rings. The van der Waals surface area contributed by atoms with Gasteiger partial charge in [-0.25, -0.2) is 15.0 Å². The predicted molar refractivity (Wildman–Crippen MR) is 129 cm³/mol. The Hall–Kier alpha value is -2.17. The first-order chi connectivity index (χ1) is 14.0. The van der Waals surface area contributed by atoms with Crippen molar-refractivity contribution in [1.82, 2.24) is 30.1 Å². The number of aliphatic imine (C=N–C) groups is 1. The highest BCUT2D eigenvalue weighted by Crippen LogP contribution is 2.38. The van der Waals surface area contributed by atoms with Gasteiger partial charge >= 0.3 is 0 Å². The lowest BCUT2D eigenvalue weighted by Gasteiger charge is -2.31. The molecule has 1 saturated carbocycles. The Balaban J connectivity index is 0.00000320. The molecule has 0 aromatic carbocycles. The van der Waals surface area contributed by atoms with E-state index in [1.54, 1.807) is 23.6 Å². The lowest BCUT2D eigenvalue weighted by atomic mass is 9.84. The monoisotopic (exact) mass is 525 g/mol. The summed E-state index contributed by atoms with van der Waals surface area (Å²) in [5.41, 5.74) is 0.728. The van der Waals surface area contributed by atoms with E-state index in [2.05, 4.69) is 20.6 Å². The second-order valence-electron chi connectivity index (χ2n) is 7.73. The molecule has 30 heavy (non-hydrogen) atoms. The molecule has 0 atom stereocenters. The van der Waals surface area contributed by atoms with Crippen LogP contribution in [0.4, 0.5) is 0 Å². The third kappa shape index (κ3) is 5.93. The topological polar surface area (TPSA) is 87.4 Å². The number of rotatable bonds is 7. The maximum Gasteiger partial charge on any atom is 0.230 e. The molecule has 1 fully saturated rings. The third-order valence-corrected chi connectivity index (χ3v) is 5.36. The summed E-state index contributed by atoms with van der Waals surface area (Å²) in [5.74, 6) is 1.75. The molecule has 2 heterocycles. The Labute approximate surface area is 195 Å². The van der Waals surface area contributed by atoms with E-state index in [1.165, 1.54) is 0 Å². The summed E-state index contributed by atoms with van der Waals surface area (Å²) >= 11 is 0. The zero-order valence-corrected chi connectivity index (χ0v) is 20.3. The van der Waals surface area contributed by atoms with E-state index in [9.17, 15) is 4.79 Å². The normalized spacial score (nSPS) is 15.4. The van der Waals surface area contributed by atoms with Crippen molar-refractivity contribution < 1.29 is 4.79 Å². The molecular formula is C21H32IN7O. The SMILES string of the molecule is CCNC(=NCc1ccnc(-n2ccnc2)c1)NCC1(C(=O)N(C)C)CCCC1.I. The van der Waals surface area contributed by atoms with E-state index >= 15 is 0 Å². The number of halogens is 1. The summed E-state index contributed by atoms with van der Waals surface area (Å²) in [4.78, 5) is 27.7. The number of carbonyl (C=O) groups is 1. The Morgan fingerprint density at radius 2 is 2.03 bits per heavy atom. The maximum atomic E-state index is 12.8. The molecule has 0 saturated heterocycles. The van der Waals surface area contributed by atoms with Gasteiger partial charge in [-0.3, -0.25) is 9.36 Å². The van der Waals surface area contributed by atoms with Crippen LogP contribution in [0.1, 0.15) is 38.2 Å². The summed E-state index contributed by atoms with van der Waals surface area (Å²) in [6.07, 6.45) is 11.2. The van der Waals surface area contributed by atoms with Crippen LogP contribution in [0.25, 0.3) is 5.82 Å². The van der Waals surface area contributed by atoms with Gasteiger partial charge < -0.3 is 15.5 Å². The van der Waals surface area contributed by atoms with E-state index < -0.39 is 0 Å². The van der Waals surface area contributed by atoms with Gasteiger partial charge in [-0.2, -0.15) is 0 Å². The van der Waals surface area contributed by atoms with Gasteiger partial charge in [0.05, 0.1) is 12.0 Å². The first-order valence-electron chi connectivity index (χ1n) is 10.2. The second kappa shape index (κ2) is 11.3. The van der Waals surface area contributed by atoms with Crippen molar-refractivity contribution in [2.24, 2.45) is 10.4 Å². The Kier molecular flexibility index (Phi) is 9.07. The largest absolute Gasteiger partial charge is 0.357 e. The molecule has 0 aliphatic heterocycles. The number of hydrogen-bond acceptors (Lipinski definition) is 4. The first kappa shape index (κ1) is 24.1. The quantitative estimate of drug-likeness (QED) is 0.330. The lowest BCUT2D eigenvalue weighted by molar-refractivity contribution is -0.138. The van der Waals surface area contributed by atoms with Gasteiger partial charge in [-0.05, 0) is 37.5 Å². The van der Waals surface area contributed by atoms with Crippen molar-refractivity contribution in [3.63, 3.8) is 0 Å². The third-order valence-electron chi connectivity index (χ3n) is 5.36. The predicted octanol–water partition coefficient (Wildman–Crippen LogP) is 2.59. The average molecular weight is 525 g/mol. The summed E-state index contributed by atoms with van der Waals surface area (Å²) in [5, 5.41) is 6.70. The van der Waals surface area contributed by atoms with Gasteiger partial charge in [0.15, 0.2) is 5.96 Å². The highest BCUT2D eigenvalue weighted by Gasteiger charge is 2.42. The van der Waals surface area contributed by atoms with Crippen molar-refractivity contribution >= 4 is 35.8 Å². The van der Waals surface area contributed by atoms with Crippen LogP contribution < -0.4 is 10.6 Å². The van der Waals surface area contributed by atoms with E-state index in [1.807, 2.05) is 43.9 Å². The molecule has 2 aromatic heterocycles. The number of aromatic nitrogens is 3. The number of nitrogens with one attached hydrogen (secondary N) is 2. The summed E-state index contributed by atoms with van der Waals surface area (Å²) in [6, 6.07) is 3.96. The summed E-state index contributed by atoms with van der Waals surface area (Å²) in [7, 11) is 3.67. The summed E-state index contributed by atoms with van der Waals surface area (Å²) < 4.78 is 1.87. The van der Waals surface area contributed by atoms with Crippen LogP contribution in [0.2, 0.25) is 0 Å². The van der Waals surface area contributed by atoms with Crippen molar-refractivity contribution in [3.8, 4) is 5.82 Å². The minimum atomic E-state index is -0.328. The molecule has 1 aliphatic carbocycles. The number of carbonyl (C=O) groups excluding carboxylic acids is 1. The Bertz CT molecular complexity index is 830. The number of pyridine rings is 1. The number of amides is 1. The van der Waals surface area contributed by atoms with Gasteiger partial charge in [0.25, 0.3) is 0 Å². The Morgan fingerprint density at radius 1 is 1.27 bits per heavy atom. The molecule has 0 spiro atoms. The second-order valence-corrected chi connectivity index (χ2v) is 7.73. The van der Waals surface area contributed by atoms with Gasteiger partial charge in [-0.1, -0.05) is 12.8 Å². The molecule has 0 radical (unpaired) electrons. The molecular weight excluding hydrogens is 493 g/mol. The van der Waals surface area contributed by atoms with Gasteiger partial charge in [0, 0.05) is 45.8 Å². The molecule has 1 amide bonds. The highest BCUT2D eigenvalue weighted by atomic mass is 127. The summed E-state index contributed by atoms with van der Waals surface area (Å²) in [6.45, 7) is 3.93. The van der Waals surface area contributed by atoms with Crippen LogP contribution in [0.15, 0.2) is 42.0 Å². The maximum absolute atomic E-state index is 12.8. The van der Waals surface area contributed by atoms with Gasteiger partial charge in [-0.15, -0.1) is 24.0 Å². The number of hydrogen-bond donors (Lipinski definition) is 2. The van der Waals surface area contributed by atoms with Crippen molar-refractivity contribution in [3.05, 3.63) is 42.6 Å². The zero-order valence-electron chi connectivity index (χ0n) is 18.0. The first-order valence-corrected chi connectivity index (χ1v) is 10.2. The fourth-order valence-electron chi connectivity index (χ4n) is 3.85. The molecule has 0 bridgehead atoms. The van der Waals surface area contributed by atoms with E-state index in [4.69, 9.17) is 4.99 Å². The van der Waals surface area contributed by atoms with Crippen LogP contribution >= 0.6 is 24.0 Å². The zero-order chi connectivity index (χ0) is 20.7.